The third-order valence-electron chi connectivity index (χ3n) is 6.10. The third kappa shape index (κ3) is 3.29. The number of ether oxygens (including phenoxy) is 1. The molecule has 0 unspecified atom stereocenters. The summed E-state index contributed by atoms with van der Waals surface area (Å²) in [5, 5.41) is 0.532. The Balaban J connectivity index is 1.43. The largest absolute Gasteiger partial charge is 0.495 e. The number of likely N-dealkylation sites (tertiary alicyclic amines) is 1. The fourth-order valence-electron chi connectivity index (χ4n) is 4.92. The van der Waals surface area contributed by atoms with Crippen molar-refractivity contribution in [1.29, 1.82) is 0 Å². The molecule has 2 bridgehead atoms. The number of nitrogens with zero attached hydrogens (tertiary/aromatic N) is 2. The Hall–Kier alpha value is -1.75. The van der Waals surface area contributed by atoms with Crippen molar-refractivity contribution in [3.05, 3.63) is 28.8 Å². The van der Waals surface area contributed by atoms with Gasteiger partial charge in [0.1, 0.15) is 5.75 Å². The number of carbonyl (C=O) groups excluding carboxylic acids is 2. The van der Waals surface area contributed by atoms with Crippen LogP contribution in [0.5, 0.6) is 5.75 Å². The van der Waals surface area contributed by atoms with Crippen LogP contribution in [-0.2, 0) is 16.0 Å². The van der Waals surface area contributed by atoms with E-state index in [1.54, 1.807) is 13.2 Å². The van der Waals surface area contributed by atoms with E-state index in [4.69, 9.17) is 16.3 Å². The maximum atomic E-state index is 12.9. The van der Waals surface area contributed by atoms with Crippen LogP contribution in [-0.4, -0.2) is 54.4 Å². The summed E-state index contributed by atoms with van der Waals surface area (Å²) in [4.78, 5) is 29.2. The Morgan fingerprint density at radius 1 is 1.31 bits per heavy atom. The fourth-order valence-corrected chi connectivity index (χ4v) is 5.20. The molecule has 4 rings (SSSR count). The molecule has 0 N–H and O–H groups in total. The molecular formula is C20H25ClN2O3. The number of amides is 2. The van der Waals surface area contributed by atoms with E-state index in [1.165, 1.54) is 0 Å². The highest BCUT2D eigenvalue weighted by molar-refractivity contribution is 6.32. The van der Waals surface area contributed by atoms with Crippen molar-refractivity contribution in [2.45, 2.75) is 38.1 Å². The van der Waals surface area contributed by atoms with Gasteiger partial charge >= 0.3 is 0 Å². The molecule has 140 valence electrons. The first-order valence-electron chi connectivity index (χ1n) is 9.45. The second-order valence-electron chi connectivity index (χ2n) is 7.81. The zero-order chi connectivity index (χ0) is 18.3. The highest BCUT2D eigenvalue weighted by Crippen LogP contribution is 2.38. The topological polar surface area (TPSA) is 49.9 Å². The van der Waals surface area contributed by atoms with Crippen LogP contribution in [0.3, 0.4) is 0 Å². The first kappa shape index (κ1) is 17.7. The van der Waals surface area contributed by atoms with Crippen molar-refractivity contribution in [2.24, 2.45) is 11.8 Å². The minimum Gasteiger partial charge on any atom is -0.495 e. The average Bonchev–Trinajstić information content (AvgIpc) is 2.63. The monoisotopic (exact) mass is 376 g/mol. The van der Waals surface area contributed by atoms with E-state index < -0.39 is 0 Å². The lowest BCUT2D eigenvalue weighted by Gasteiger charge is -2.52. The quantitative estimate of drug-likeness (QED) is 0.815. The van der Waals surface area contributed by atoms with Gasteiger partial charge in [0.05, 0.1) is 18.6 Å². The molecule has 1 aromatic carbocycles. The van der Waals surface area contributed by atoms with Crippen molar-refractivity contribution in [2.75, 3.05) is 26.7 Å². The smallest absolute Gasteiger partial charge is 0.227 e. The van der Waals surface area contributed by atoms with Gasteiger partial charge in [0, 0.05) is 32.1 Å². The molecule has 3 fully saturated rings. The standard InChI is InChI=1S/C20H25ClN2O3/c1-26-18-6-5-13(8-16(18)21)9-20(25)22-10-14-7-15(12-22)17-3-2-4-19(24)23(17)11-14/h5-6,8,14-15,17H,2-4,7,9-12H2,1H3/t14-,15-,17-/m1/s1. The van der Waals surface area contributed by atoms with Crippen molar-refractivity contribution < 1.29 is 14.3 Å². The molecule has 3 aliphatic heterocycles. The summed E-state index contributed by atoms with van der Waals surface area (Å²) in [6.45, 7) is 2.35. The number of hydrogen-bond acceptors (Lipinski definition) is 3. The molecule has 3 heterocycles. The summed E-state index contributed by atoms with van der Waals surface area (Å²) in [6, 6.07) is 5.85. The van der Waals surface area contributed by atoms with E-state index >= 15 is 0 Å². The normalized spacial score (nSPS) is 27.9. The molecule has 6 heteroatoms. The first-order chi connectivity index (χ1) is 12.5. The molecule has 3 saturated heterocycles. The van der Waals surface area contributed by atoms with Gasteiger partial charge in [0.2, 0.25) is 11.8 Å². The van der Waals surface area contributed by atoms with Crippen LogP contribution in [0.1, 0.15) is 31.2 Å². The second kappa shape index (κ2) is 7.10. The number of hydrogen-bond donors (Lipinski definition) is 0. The molecule has 5 nitrogen and oxygen atoms in total. The predicted molar refractivity (Wildman–Crippen MR) is 99.2 cm³/mol. The zero-order valence-electron chi connectivity index (χ0n) is 15.1. The third-order valence-corrected chi connectivity index (χ3v) is 6.40. The van der Waals surface area contributed by atoms with Gasteiger partial charge in [0.15, 0.2) is 0 Å². The number of benzene rings is 1. The summed E-state index contributed by atoms with van der Waals surface area (Å²) >= 11 is 6.18. The fraction of sp³-hybridized carbons (Fsp3) is 0.600. The molecular weight excluding hydrogens is 352 g/mol. The lowest BCUT2D eigenvalue weighted by atomic mass is 9.76. The van der Waals surface area contributed by atoms with Crippen LogP contribution in [0.4, 0.5) is 0 Å². The number of carbonyl (C=O) groups is 2. The summed E-state index contributed by atoms with van der Waals surface area (Å²) in [5.41, 5.74) is 0.908. The van der Waals surface area contributed by atoms with Crippen LogP contribution in [0, 0.1) is 11.8 Å². The molecule has 2 amide bonds. The van der Waals surface area contributed by atoms with Crippen molar-refractivity contribution >= 4 is 23.4 Å². The van der Waals surface area contributed by atoms with E-state index in [1.807, 2.05) is 17.0 Å². The number of fused-ring (bicyclic) bond motifs is 4. The van der Waals surface area contributed by atoms with Crippen molar-refractivity contribution in [1.82, 2.24) is 9.80 Å². The molecule has 0 spiro atoms. The van der Waals surface area contributed by atoms with Crippen LogP contribution >= 0.6 is 11.6 Å². The lowest BCUT2D eigenvalue weighted by Crippen LogP contribution is -2.61. The SMILES string of the molecule is COc1ccc(CC(=O)N2C[C@H]3C[C@H](C2)[C@H]2CCCC(=O)N2C3)cc1Cl. The summed E-state index contributed by atoms with van der Waals surface area (Å²) in [7, 11) is 1.58. The molecule has 0 saturated carbocycles. The highest BCUT2D eigenvalue weighted by Gasteiger charge is 2.44. The minimum absolute atomic E-state index is 0.150. The van der Waals surface area contributed by atoms with Gasteiger partial charge in [-0.3, -0.25) is 9.59 Å². The van der Waals surface area contributed by atoms with E-state index in [-0.39, 0.29) is 5.91 Å². The molecule has 26 heavy (non-hydrogen) atoms. The van der Waals surface area contributed by atoms with Gasteiger partial charge in [0.25, 0.3) is 0 Å². The summed E-state index contributed by atoms with van der Waals surface area (Å²) in [5.74, 6) is 1.92. The van der Waals surface area contributed by atoms with Gasteiger partial charge in [-0.25, -0.2) is 0 Å². The number of rotatable bonds is 3. The van der Waals surface area contributed by atoms with Gasteiger partial charge < -0.3 is 14.5 Å². The predicted octanol–water partition coefficient (Wildman–Crippen LogP) is 2.75. The molecule has 0 radical (unpaired) electrons. The molecule has 3 aliphatic rings. The van der Waals surface area contributed by atoms with Gasteiger partial charge in [-0.1, -0.05) is 17.7 Å². The minimum atomic E-state index is 0.150. The Bertz CT molecular complexity index is 723. The summed E-state index contributed by atoms with van der Waals surface area (Å²) < 4.78 is 5.17. The highest BCUT2D eigenvalue weighted by atomic mass is 35.5. The van der Waals surface area contributed by atoms with Gasteiger partial charge in [-0.05, 0) is 48.8 Å². The molecule has 0 aliphatic carbocycles. The van der Waals surface area contributed by atoms with Crippen molar-refractivity contribution in [3.8, 4) is 5.75 Å². The molecule has 3 atom stereocenters. The number of halogens is 1. The number of methoxy groups -OCH3 is 1. The Morgan fingerprint density at radius 3 is 2.92 bits per heavy atom. The second-order valence-corrected chi connectivity index (χ2v) is 8.22. The van der Waals surface area contributed by atoms with E-state index in [0.29, 0.717) is 47.4 Å². The average molecular weight is 377 g/mol. The van der Waals surface area contributed by atoms with Gasteiger partial charge in [-0.15, -0.1) is 0 Å². The number of piperidine rings is 3. The maximum absolute atomic E-state index is 12.9. The van der Waals surface area contributed by atoms with Crippen molar-refractivity contribution in [3.63, 3.8) is 0 Å². The maximum Gasteiger partial charge on any atom is 0.227 e. The van der Waals surface area contributed by atoms with E-state index in [0.717, 1.165) is 44.5 Å². The lowest BCUT2D eigenvalue weighted by molar-refractivity contribution is -0.148. The van der Waals surface area contributed by atoms with Crippen LogP contribution in [0.2, 0.25) is 5.02 Å². The Labute approximate surface area is 159 Å². The van der Waals surface area contributed by atoms with Crippen LogP contribution in [0.25, 0.3) is 0 Å². The first-order valence-corrected chi connectivity index (χ1v) is 9.82. The Kier molecular flexibility index (Phi) is 4.82. The van der Waals surface area contributed by atoms with E-state index in [2.05, 4.69) is 4.90 Å². The summed E-state index contributed by atoms with van der Waals surface area (Å²) in [6.07, 6.45) is 4.26. The zero-order valence-corrected chi connectivity index (χ0v) is 15.9. The molecule has 0 aromatic heterocycles. The van der Waals surface area contributed by atoms with Crippen LogP contribution in [0.15, 0.2) is 18.2 Å². The van der Waals surface area contributed by atoms with Crippen LogP contribution < -0.4 is 4.74 Å². The Morgan fingerprint density at radius 2 is 2.15 bits per heavy atom. The molecule has 1 aromatic rings. The van der Waals surface area contributed by atoms with E-state index in [9.17, 15) is 9.59 Å². The van der Waals surface area contributed by atoms with Gasteiger partial charge in [-0.2, -0.15) is 0 Å².